The number of carbonyl (C=O) groups excluding carboxylic acids is 2. The van der Waals surface area contributed by atoms with E-state index in [1.165, 1.54) is 4.90 Å². The summed E-state index contributed by atoms with van der Waals surface area (Å²) in [5.74, 6) is 0.102. The standard InChI is InChI=1S/C15H24N2O4/c1-17(2)14(19)8-11-6-7-12(13(9-18)21-11)16-15(20)10-4-3-5-10/h6-7,10-13,18H,3-5,8-9H2,1-2H3,(H,16,20)/t11-,12+,13-/m0/s1. The summed E-state index contributed by atoms with van der Waals surface area (Å²) in [6, 6.07) is -0.325. The summed E-state index contributed by atoms with van der Waals surface area (Å²) in [5.41, 5.74) is 0. The zero-order chi connectivity index (χ0) is 15.4. The van der Waals surface area contributed by atoms with Crippen LogP contribution in [0.2, 0.25) is 0 Å². The molecule has 2 amide bonds. The van der Waals surface area contributed by atoms with Crippen molar-refractivity contribution in [1.29, 1.82) is 0 Å². The molecule has 2 N–H and O–H groups in total. The van der Waals surface area contributed by atoms with Gasteiger partial charge in [-0.3, -0.25) is 9.59 Å². The Labute approximate surface area is 125 Å². The van der Waals surface area contributed by atoms with Crippen molar-refractivity contribution in [2.75, 3.05) is 20.7 Å². The van der Waals surface area contributed by atoms with Crippen LogP contribution in [0.4, 0.5) is 0 Å². The minimum absolute atomic E-state index is 0.0285. The Bertz CT molecular complexity index is 418. The van der Waals surface area contributed by atoms with Crippen LogP contribution in [-0.2, 0) is 14.3 Å². The summed E-state index contributed by atoms with van der Waals surface area (Å²) in [6.45, 7) is -0.188. The Morgan fingerprint density at radius 3 is 2.57 bits per heavy atom. The zero-order valence-electron chi connectivity index (χ0n) is 12.6. The number of amides is 2. The van der Waals surface area contributed by atoms with E-state index in [-0.39, 0.29) is 42.9 Å². The number of carbonyl (C=O) groups is 2. The van der Waals surface area contributed by atoms with E-state index in [2.05, 4.69) is 5.32 Å². The molecule has 0 bridgehead atoms. The summed E-state index contributed by atoms with van der Waals surface area (Å²) in [5, 5.41) is 12.4. The predicted octanol–water partition coefficient (Wildman–Crippen LogP) is 0.0655. The molecular weight excluding hydrogens is 272 g/mol. The molecule has 0 aromatic carbocycles. The molecule has 0 aromatic rings. The first-order valence-electron chi connectivity index (χ1n) is 7.46. The third-order valence-electron chi connectivity index (χ3n) is 4.12. The van der Waals surface area contributed by atoms with Crippen LogP contribution in [0, 0.1) is 5.92 Å². The second-order valence-corrected chi connectivity index (χ2v) is 5.93. The number of rotatable bonds is 5. The number of aliphatic hydroxyl groups excluding tert-OH is 1. The van der Waals surface area contributed by atoms with Crippen molar-refractivity contribution in [3.63, 3.8) is 0 Å². The monoisotopic (exact) mass is 296 g/mol. The first-order valence-corrected chi connectivity index (χ1v) is 7.46. The van der Waals surface area contributed by atoms with Gasteiger partial charge in [0.15, 0.2) is 0 Å². The number of aliphatic hydroxyl groups is 1. The maximum Gasteiger partial charge on any atom is 0.224 e. The fraction of sp³-hybridized carbons (Fsp3) is 0.733. The number of ether oxygens (including phenoxy) is 1. The number of nitrogens with one attached hydrogen (secondary N) is 1. The Hall–Kier alpha value is -1.40. The summed E-state index contributed by atoms with van der Waals surface area (Å²) >= 11 is 0. The van der Waals surface area contributed by atoms with Crippen molar-refractivity contribution in [2.45, 2.75) is 43.9 Å². The van der Waals surface area contributed by atoms with E-state index >= 15 is 0 Å². The molecule has 6 heteroatoms. The Kier molecular flexibility index (Phi) is 5.36. The van der Waals surface area contributed by atoms with Crippen molar-refractivity contribution in [3.8, 4) is 0 Å². The lowest BCUT2D eigenvalue weighted by atomic mass is 9.84. The molecule has 3 atom stereocenters. The van der Waals surface area contributed by atoms with Crippen LogP contribution in [0.1, 0.15) is 25.7 Å². The summed E-state index contributed by atoms with van der Waals surface area (Å²) in [4.78, 5) is 25.2. The number of hydrogen-bond acceptors (Lipinski definition) is 4. The molecular formula is C15H24N2O4. The van der Waals surface area contributed by atoms with Crippen molar-refractivity contribution in [1.82, 2.24) is 10.2 Å². The third-order valence-corrected chi connectivity index (χ3v) is 4.12. The van der Waals surface area contributed by atoms with Crippen LogP contribution < -0.4 is 5.32 Å². The van der Waals surface area contributed by atoms with Crippen molar-refractivity contribution in [3.05, 3.63) is 12.2 Å². The fourth-order valence-electron chi connectivity index (χ4n) is 2.44. The van der Waals surface area contributed by atoms with Gasteiger partial charge < -0.3 is 20.1 Å². The second-order valence-electron chi connectivity index (χ2n) is 5.93. The molecule has 1 fully saturated rings. The lowest BCUT2D eigenvalue weighted by Gasteiger charge is -2.34. The van der Waals surface area contributed by atoms with Gasteiger partial charge in [0.2, 0.25) is 11.8 Å². The summed E-state index contributed by atoms with van der Waals surface area (Å²) < 4.78 is 5.70. The maximum atomic E-state index is 12.0. The summed E-state index contributed by atoms with van der Waals surface area (Å²) in [7, 11) is 3.39. The molecule has 21 heavy (non-hydrogen) atoms. The predicted molar refractivity (Wildman–Crippen MR) is 77.5 cm³/mol. The minimum atomic E-state index is -0.501. The highest BCUT2D eigenvalue weighted by Crippen LogP contribution is 2.27. The summed E-state index contributed by atoms with van der Waals surface area (Å²) in [6.07, 6.45) is 5.98. The third kappa shape index (κ3) is 4.04. The lowest BCUT2D eigenvalue weighted by molar-refractivity contribution is -0.135. The van der Waals surface area contributed by atoms with E-state index in [4.69, 9.17) is 4.74 Å². The quantitative estimate of drug-likeness (QED) is 0.704. The SMILES string of the molecule is CN(C)C(=O)C[C@@H]1C=C[C@@H](NC(=O)C2CCC2)[C@H](CO)O1. The molecule has 0 saturated heterocycles. The molecule has 1 saturated carbocycles. The molecule has 0 radical (unpaired) electrons. The van der Waals surface area contributed by atoms with Gasteiger partial charge >= 0.3 is 0 Å². The normalized spacial score (nSPS) is 28.8. The van der Waals surface area contributed by atoms with Gasteiger partial charge in [-0.25, -0.2) is 0 Å². The molecule has 2 aliphatic rings. The maximum absolute atomic E-state index is 12.0. The van der Waals surface area contributed by atoms with Crippen molar-refractivity contribution in [2.24, 2.45) is 5.92 Å². The molecule has 0 spiro atoms. The molecule has 6 nitrogen and oxygen atoms in total. The van der Waals surface area contributed by atoms with Crippen LogP contribution in [0.5, 0.6) is 0 Å². The Morgan fingerprint density at radius 1 is 1.33 bits per heavy atom. The van der Waals surface area contributed by atoms with Crippen LogP contribution >= 0.6 is 0 Å². The smallest absolute Gasteiger partial charge is 0.224 e. The van der Waals surface area contributed by atoms with Crippen molar-refractivity contribution >= 4 is 11.8 Å². The molecule has 1 aliphatic heterocycles. The first-order chi connectivity index (χ1) is 10.0. The van der Waals surface area contributed by atoms with E-state index < -0.39 is 6.10 Å². The van der Waals surface area contributed by atoms with Crippen LogP contribution in [-0.4, -0.2) is 60.8 Å². The number of hydrogen-bond donors (Lipinski definition) is 2. The Morgan fingerprint density at radius 2 is 2.05 bits per heavy atom. The first kappa shape index (κ1) is 16.0. The molecule has 2 rings (SSSR count). The van der Waals surface area contributed by atoms with Gasteiger partial charge in [0, 0.05) is 20.0 Å². The lowest BCUT2D eigenvalue weighted by Crippen LogP contribution is -2.51. The van der Waals surface area contributed by atoms with Crippen molar-refractivity contribution < 1.29 is 19.4 Å². The van der Waals surface area contributed by atoms with E-state index in [0.29, 0.717) is 0 Å². The molecule has 0 aromatic heterocycles. The van der Waals surface area contributed by atoms with E-state index in [9.17, 15) is 14.7 Å². The highest BCUT2D eigenvalue weighted by molar-refractivity contribution is 5.80. The highest BCUT2D eigenvalue weighted by Gasteiger charge is 2.32. The van der Waals surface area contributed by atoms with Gasteiger partial charge in [0.25, 0.3) is 0 Å². The average molecular weight is 296 g/mol. The van der Waals surface area contributed by atoms with Gasteiger partial charge in [0.05, 0.1) is 25.2 Å². The second kappa shape index (κ2) is 7.04. The minimum Gasteiger partial charge on any atom is -0.394 e. The van der Waals surface area contributed by atoms with Gasteiger partial charge in [-0.05, 0) is 12.8 Å². The van der Waals surface area contributed by atoms with Gasteiger partial charge in [-0.1, -0.05) is 18.6 Å². The van der Waals surface area contributed by atoms with Crippen LogP contribution in [0.3, 0.4) is 0 Å². The molecule has 0 unspecified atom stereocenters. The van der Waals surface area contributed by atoms with E-state index in [1.54, 1.807) is 20.2 Å². The van der Waals surface area contributed by atoms with Crippen LogP contribution in [0.15, 0.2) is 12.2 Å². The van der Waals surface area contributed by atoms with Crippen LogP contribution in [0.25, 0.3) is 0 Å². The number of nitrogens with zero attached hydrogens (tertiary/aromatic N) is 1. The Balaban J connectivity index is 1.91. The molecule has 1 aliphatic carbocycles. The fourth-order valence-corrected chi connectivity index (χ4v) is 2.44. The van der Waals surface area contributed by atoms with E-state index in [1.807, 2.05) is 6.08 Å². The average Bonchev–Trinajstić information content (AvgIpc) is 2.38. The van der Waals surface area contributed by atoms with E-state index in [0.717, 1.165) is 19.3 Å². The topological polar surface area (TPSA) is 78.9 Å². The van der Waals surface area contributed by atoms with Gasteiger partial charge in [-0.2, -0.15) is 0 Å². The zero-order valence-corrected chi connectivity index (χ0v) is 12.6. The van der Waals surface area contributed by atoms with Gasteiger partial charge in [0.1, 0.15) is 6.10 Å². The molecule has 118 valence electrons. The van der Waals surface area contributed by atoms with Gasteiger partial charge in [-0.15, -0.1) is 0 Å². The largest absolute Gasteiger partial charge is 0.394 e. The highest BCUT2D eigenvalue weighted by atomic mass is 16.5. The molecule has 1 heterocycles.